The molecule has 0 heterocycles. The predicted molar refractivity (Wildman–Crippen MR) is 217 cm³/mol. The first-order valence-electron chi connectivity index (χ1n) is 22.6. The minimum absolute atomic E-state index is 0.00982. The summed E-state index contributed by atoms with van der Waals surface area (Å²) in [5.41, 5.74) is 0. The van der Waals surface area contributed by atoms with Crippen LogP contribution in [0.5, 0.6) is 0 Å². The van der Waals surface area contributed by atoms with E-state index in [1.807, 2.05) is 0 Å². The van der Waals surface area contributed by atoms with Crippen LogP contribution < -0.4 is 0 Å². The number of hydrogen-bond acceptors (Lipinski definition) is 5. The maximum absolute atomic E-state index is 12.7. The highest BCUT2D eigenvalue weighted by Gasteiger charge is 2.14. The van der Waals surface area contributed by atoms with E-state index in [0.717, 1.165) is 71.0 Å². The Morgan fingerprint density at radius 1 is 0.400 bits per heavy atom. The minimum Gasteiger partial charge on any atom is -0.466 e. The van der Waals surface area contributed by atoms with Crippen LogP contribution in [0.25, 0.3) is 0 Å². The number of nitrogens with zero attached hydrogens (tertiary/aromatic N) is 1. The molecule has 0 aromatic rings. The van der Waals surface area contributed by atoms with Crippen molar-refractivity contribution >= 4 is 11.9 Å². The first-order valence-corrected chi connectivity index (χ1v) is 22.6. The molecular formula is C45H89NO4. The first-order chi connectivity index (χ1) is 24.6. The van der Waals surface area contributed by atoms with Gasteiger partial charge in [-0.3, -0.25) is 9.59 Å². The van der Waals surface area contributed by atoms with Gasteiger partial charge in [-0.15, -0.1) is 0 Å². The van der Waals surface area contributed by atoms with Crippen molar-refractivity contribution in [2.24, 2.45) is 0 Å². The fourth-order valence-corrected chi connectivity index (χ4v) is 7.05. The van der Waals surface area contributed by atoms with Crippen LogP contribution in [0.1, 0.15) is 246 Å². The molecule has 5 nitrogen and oxygen atoms in total. The Morgan fingerprint density at radius 3 is 1.26 bits per heavy atom. The molecule has 0 rings (SSSR count). The van der Waals surface area contributed by atoms with Gasteiger partial charge < -0.3 is 14.4 Å². The van der Waals surface area contributed by atoms with Crippen LogP contribution in [-0.2, 0) is 19.1 Å². The third-order valence-electron chi connectivity index (χ3n) is 10.3. The van der Waals surface area contributed by atoms with Crippen LogP contribution in [0, 0.1) is 0 Å². The zero-order valence-electron chi connectivity index (χ0n) is 34.5. The minimum atomic E-state index is -0.00982. The van der Waals surface area contributed by atoms with E-state index in [4.69, 9.17) is 9.47 Å². The van der Waals surface area contributed by atoms with Crippen LogP contribution in [0.4, 0.5) is 0 Å². The van der Waals surface area contributed by atoms with E-state index in [9.17, 15) is 9.59 Å². The SMILES string of the molecule is CCCCCCCCCCCOC(=O)CCCCCN(CCC)CCCCCCCC(=O)OC(CCCCCCCC)CCCCCCCC. The third kappa shape index (κ3) is 36.7. The number of unbranched alkanes of at least 4 members (excludes halogenated alkanes) is 24. The summed E-state index contributed by atoms with van der Waals surface area (Å²) in [4.78, 5) is 27.4. The van der Waals surface area contributed by atoms with Crippen LogP contribution in [0.2, 0.25) is 0 Å². The van der Waals surface area contributed by atoms with E-state index in [1.54, 1.807) is 0 Å². The van der Waals surface area contributed by atoms with Gasteiger partial charge in [-0.2, -0.15) is 0 Å². The summed E-state index contributed by atoms with van der Waals surface area (Å²) in [5, 5.41) is 0. The van der Waals surface area contributed by atoms with Gasteiger partial charge in [0.05, 0.1) is 6.61 Å². The van der Waals surface area contributed by atoms with Gasteiger partial charge in [0.1, 0.15) is 6.10 Å². The van der Waals surface area contributed by atoms with Gasteiger partial charge in [-0.25, -0.2) is 0 Å². The summed E-state index contributed by atoms with van der Waals surface area (Å²) in [6, 6.07) is 0. The van der Waals surface area contributed by atoms with Gasteiger partial charge >= 0.3 is 11.9 Å². The second-order valence-corrected chi connectivity index (χ2v) is 15.4. The van der Waals surface area contributed by atoms with E-state index in [1.165, 1.54) is 154 Å². The van der Waals surface area contributed by atoms with Gasteiger partial charge in [0.25, 0.3) is 0 Å². The summed E-state index contributed by atoms with van der Waals surface area (Å²) < 4.78 is 11.5. The monoisotopic (exact) mass is 708 g/mol. The molecule has 0 aromatic heterocycles. The molecule has 0 aliphatic rings. The molecule has 0 amide bonds. The van der Waals surface area contributed by atoms with Crippen LogP contribution in [0.15, 0.2) is 0 Å². The van der Waals surface area contributed by atoms with E-state index in [-0.39, 0.29) is 18.0 Å². The lowest BCUT2D eigenvalue weighted by Crippen LogP contribution is -2.27. The average Bonchev–Trinajstić information content (AvgIpc) is 3.11. The maximum Gasteiger partial charge on any atom is 0.306 e. The molecule has 0 fully saturated rings. The van der Waals surface area contributed by atoms with E-state index in [2.05, 4.69) is 32.6 Å². The lowest BCUT2D eigenvalue weighted by Gasteiger charge is -2.21. The van der Waals surface area contributed by atoms with E-state index < -0.39 is 0 Å². The lowest BCUT2D eigenvalue weighted by molar-refractivity contribution is -0.150. The van der Waals surface area contributed by atoms with Crippen molar-refractivity contribution in [3.05, 3.63) is 0 Å². The molecule has 0 aliphatic heterocycles. The number of carbonyl (C=O) groups is 2. The number of ether oxygens (including phenoxy) is 2. The summed E-state index contributed by atoms with van der Waals surface area (Å²) in [7, 11) is 0. The first kappa shape index (κ1) is 48.9. The Labute approximate surface area is 313 Å². The topological polar surface area (TPSA) is 55.8 Å². The number of carbonyl (C=O) groups excluding carboxylic acids is 2. The highest BCUT2D eigenvalue weighted by molar-refractivity contribution is 5.69. The predicted octanol–water partition coefficient (Wildman–Crippen LogP) is 14.1. The van der Waals surface area contributed by atoms with Crippen molar-refractivity contribution in [2.45, 2.75) is 252 Å². The van der Waals surface area contributed by atoms with Gasteiger partial charge in [0.2, 0.25) is 0 Å². The zero-order chi connectivity index (χ0) is 36.6. The molecule has 0 aromatic carbocycles. The molecule has 0 atom stereocenters. The van der Waals surface area contributed by atoms with Crippen molar-refractivity contribution < 1.29 is 19.1 Å². The fourth-order valence-electron chi connectivity index (χ4n) is 7.05. The third-order valence-corrected chi connectivity index (χ3v) is 10.3. The number of rotatable bonds is 41. The molecule has 0 spiro atoms. The number of esters is 2. The molecule has 0 unspecified atom stereocenters. The van der Waals surface area contributed by atoms with E-state index in [0.29, 0.717) is 19.4 Å². The molecule has 0 bridgehead atoms. The fraction of sp³-hybridized carbons (Fsp3) is 0.956. The highest BCUT2D eigenvalue weighted by atomic mass is 16.5. The normalized spacial score (nSPS) is 11.6. The van der Waals surface area contributed by atoms with Gasteiger partial charge in [-0.05, 0) is 83.8 Å². The Kier molecular flexibility index (Phi) is 39.8. The summed E-state index contributed by atoms with van der Waals surface area (Å²) in [6.07, 6.45) is 40.6. The lowest BCUT2D eigenvalue weighted by atomic mass is 10.0. The largest absolute Gasteiger partial charge is 0.466 e. The summed E-state index contributed by atoms with van der Waals surface area (Å²) in [5.74, 6) is 0.0255. The van der Waals surface area contributed by atoms with Crippen molar-refractivity contribution in [2.75, 3.05) is 26.2 Å². The van der Waals surface area contributed by atoms with E-state index >= 15 is 0 Å². The molecule has 298 valence electrons. The molecule has 0 saturated heterocycles. The standard InChI is InChI=1S/C45H89NO4/c1-5-9-12-15-18-19-20-26-34-42-49-44(47)37-31-27-33-41-46(39-8-4)40-32-25-21-24-30-38-45(48)50-43(35-28-22-16-13-10-6-2)36-29-23-17-14-11-7-3/h43H,5-42H2,1-4H3. The number of hydrogen-bond donors (Lipinski definition) is 0. The van der Waals surface area contributed by atoms with Crippen LogP contribution in [-0.4, -0.2) is 49.2 Å². The molecule has 0 radical (unpaired) electrons. The second kappa shape index (κ2) is 40.7. The molecule has 0 aliphatic carbocycles. The Balaban J connectivity index is 3.96. The second-order valence-electron chi connectivity index (χ2n) is 15.4. The quantitative estimate of drug-likeness (QED) is 0.0468. The molecule has 0 N–H and O–H groups in total. The van der Waals surface area contributed by atoms with Crippen molar-refractivity contribution in [3.8, 4) is 0 Å². The van der Waals surface area contributed by atoms with Gasteiger partial charge in [0, 0.05) is 12.8 Å². The maximum atomic E-state index is 12.7. The van der Waals surface area contributed by atoms with Crippen molar-refractivity contribution in [3.63, 3.8) is 0 Å². The molecule has 50 heavy (non-hydrogen) atoms. The van der Waals surface area contributed by atoms with Crippen LogP contribution in [0.3, 0.4) is 0 Å². The molecule has 0 saturated carbocycles. The highest BCUT2D eigenvalue weighted by Crippen LogP contribution is 2.18. The van der Waals surface area contributed by atoms with Gasteiger partial charge in [0.15, 0.2) is 0 Å². The Hall–Kier alpha value is -1.10. The van der Waals surface area contributed by atoms with Crippen LogP contribution >= 0.6 is 0 Å². The Morgan fingerprint density at radius 2 is 0.780 bits per heavy atom. The summed E-state index contributed by atoms with van der Waals surface area (Å²) >= 11 is 0. The Bertz CT molecular complexity index is 683. The zero-order valence-corrected chi connectivity index (χ0v) is 34.5. The summed E-state index contributed by atoms with van der Waals surface area (Å²) in [6.45, 7) is 13.1. The van der Waals surface area contributed by atoms with Crippen molar-refractivity contribution in [1.29, 1.82) is 0 Å². The van der Waals surface area contributed by atoms with Gasteiger partial charge in [-0.1, -0.05) is 169 Å². The average molecular weight is 708 g/mol. The molecule has 5 heteroatoms. The van der Waals surface area contributed by atoms with Crippen molar-refractivity contribution in [1.82, 2.24) is 4.90 Å². The smallest absolute Gasteiger partial charge is 0.306 e. The molecular weight excluding hydrogens is 618 g/mol.